The molecule has 4 heteroatoms. The summed E-state index contributed by atoms with van der Waals surface area (Å²) in [7, 11) is 0. The Morgan fingerprint density at radius 2 is 2.42 bits per heavy atom. The zero-order chi connectivity index (χ0) is 8.97. The van der Waals surface area contributed by atoms with Crippen LogP contribution in [0.5, 0.6) is 0 Å². The fourth-order valence-electron chi connectivity index (χ4n) is 0.719. The molecule has 0 saturated heterocycles. The second-order valence-electron chi connectivity index (χ2n) is 2.08. The maximum Gasteiger partial charge on any atom is 0.270 e. The van der Waals surface area contributed by atoms with E-state index >= 15 is 0 Å². The zero-order valence-electron chi connectivity index (χ0n) is 6.54. The van der Waals surface area contributed by atoms with Gasteiger partial charge in [0, 0.05) is 0 Å². The molecular weight excluding hydrogens is 220 g/mol. The molecule has 1 heterocycles. The minimum atomic E-state index is -0.146. The van der Waals surface area contributed by atoms with E-state index in [-0.39, 0.29) is 5.56 Å². The van der Waals surface area contributed by atoms with Gasteiger partial charge in [-0.3, -0.25) is 14.3 Å². The van der Waals surface area contributed by atoms with Gasteiger partial charge >= 0.3 is 0 Å². The highest BCUT2D eigenvalue weighted by atomic mass is 79.9. The standard InChI is InChI=1S/C8H7BrN2O/c1-2-3-4-11-7(9)5-10-6-8(11)12/h5-6H,4H2,1H3. The number of aromatic nitrogens is 2. The summed E-state index contributed by atoms with van der Waals surface area (Å²) in [5, 5.41) is 0. The lowest BCUT2D eigenvalue weighted by Crippen LogP contribution is -2.19. The predicted molar refractivity (Wildman–Crippen MR) is 49.6 cm³/mol. The molecule has 1 aromatic heterocycles. The van der Waals surface area contributed by atoms with E-state index in [1.165, 1.54) is 10.8 Å². The fraction of sp³-hybridized carbons (Fsp3) is 0.250. The van der Waals surface area contributed by atoms with Gasteiger partial charge in [-0.1, -0.05) is 5.92 Å². The van der Waals surface area contributed by atoms with Crippen molar-refractivity contribution in [1.82, 2.24) is 9.55 Å². The van der Waals surface area contributed by atoms with Gasteiger partial charge in [0.05, 0.1) is 18.9 Å². The van der Waals surface area contributed by atoms with Gasteiger partial charge < -0.3 is 0 Å². The minimum Gasteiger partial charge on any atom is -0.288 e. The summed E-state index contributed by atoms with van der Waals surface area (Å²) in [6.45, 7) is 2.14. The molecule has 0 fully saturated rings. The van der Waals surface area contributed by atoms with Gasteiger partial charge in [-0.2, -0.15) is 0 Å². The molecule has 0 atom stereocenters. The summed E-state index contributed by atoms with van der Waals surface area (Å²) < 4.78 is 2.15. The molecule has 0 bridgehead atoms. The van der Waals surface area contributed by atoms with Gasteiger partial charge in [0.25, 0.3) is 5.56 Å². The second-order valence-corrected chi connectivity index (χ2v) is 2.89. The van der Waals surface area contributed by atoms with E-state index < -0.39 is 0 Å². The molecule has 0 radical (unpaired) electrons. The van der Waals surface area contributed by atoms with Crippen LogP contribution in [0.25, 0.3) is 0 Å². The predicted octanol–water partition coefficient (Wildman–Crippen LogP) is 1.03. The van der Waals surface area contributed by atoms with Crippen LogP contribution in [0.3, 0.4) is 0 Å². The summed E-state index contributed by atoms with van der Waals surface area (Å²) >= 11 is 3.21. The van der Waals surface area contributed by atoms with Gasteiger partial charge in [0.2, 0.25) is 0 Å². The molecule has 1 rings (SSSR count). The SMILES string of the molecule is CC#CCn1c(Br)cncc1=O. The van der Waals surface area contributed by atoms with Crippen molar-refractivity contribution in [2.45, 2.75) is 13.5 Å². The molecule has 0 unspecified atom stereocenters. The van der Waals surface area contributed by atoms with Crippen LogP contribution in [0.1, 0.15) is 6.92 Å². The molecule has 0 amide bonds. The molecular formula is C8H7BrN2O. The van der Waals surface area contributed by atoms with Crippen molar-refractivity contribution in [1.29, 1.82) is 0 Å². The van der Waals surface area contributed by atoms with Crippen LogP contribution in [0.4, 0.5) is 0 Å². The first-order valence-corrected chi connectivity index (χ1v) is 4.15. The van der Waals surface area contributed by atoms with Gasteiger partial charge in [0.15, 0.2) is 0 Å². The van der Waals surface area contributed by atoms with Gasteiger partial charge in [-0.15, -0.1) is 5.92 Å². The monoisotopic (exact) mass is 226 g/mol. The normalized spacial score (nSPS) is 8.83. The first kappa shape index (κ1) is 9.01. The van der Waals surface area contributed by atoms with Crippen LogP contribution in [-0.4, -0.2) is 9.55 Å². The Labute approximate surface area is 78.6 Å². The van der Waals surface area contributed by atoms with E-state index in [1.807, 2.05) is 0 Å². The molecule has 0 aromatic carbocycles. The number of hydrogen-bond acceptors (Lipinski definition) is 2. The van der Waals surface area contributed by atoms with Crippen molar-refractivity contribution in [2.24, 2.45) is 0 Å². The number of halogens is 1. The summed E-state index contributed by atoms with van der Waals surface area (Å²) in [5.41, 5.74) is -0.146. The van der Waals surface area contributed by atoms with E-state index in [9.17, 15) is 4.79 Å². The van der Waals surface area contributed by atoms with Crippen LogP contribution in [0.2, 0.25) is 0 Å². The third-order valence-corrected chi connectivity index (χ3v) is 1.94. The molecule has 62 valence electrons. The van der Waals surface area contributed by atoms with Crippen molar-refractivity contribution >= 4 is 15.9 Å². The number of rotatable bonds is 1. The quantitative estimate of drug-likeness (QED) is 0.671. The lowest BCUT2D eigenvalue weighted by molar-refractivity contribution is 0.759. The van der Waals surface area contributed by atoms with Gasteiger partial charge in [0.1, 0.15) is 4.60 Å². The Hall–Kier alpha value is -1.08. The highest BCUT2D eigenvalue weighted by molar-refractivity contribution is 9.10. The van der Waals surface area contributed by atoms with Crippen molar-refractivity contribution in [3.05, 3.63) is 27.4 Å². The average Bonchev–Trinajstić information content (AvgIpc) is 2.04. The van der Waals surface area contributed by atoms with Crippen LogP contribution < -0.4 is 5.56 Å². The molecule has 3 nitrogen and oxygen atoms in total. The summed E-state index contributed by atoms with van der Waals surface area (Å²) in [4.78, 5) is 14.9. The fourth-order valence-corrected chi connectivity index (χ4v) is 1.14. The molecule has 12 heavy (non-hydrogen) atoms. The Kier molecular flexibility index (Phi) is 3.06. The second kappa shape index (κ2) is 4.07. The average molecular weight is 227 g/mol. The summed E-state index contributed by atoms with van der Waals surface area (Å²) in [5.74, 6) is 5.52. The molecule has 0 N–H and O–H groups in total. The van der Waals surface area contributed by atoms with Crippen LogP contribution in [0.15, 0.2) is 21.8 Å². The minimum absolute atomic E-state index is 0.146. The van der Waals surface area contributed by atoms with Crippen molar-refractivity contribution in [3.63, 3.8) is 0 Å². The summed E-state index contributed by atoms with van der Waals surface area (Å²) in [6, 6.07) is 0. The van der Waals surface area contributed by atoms with Gasteiger partial charge in [-0.25, -0.2) is 0 Å². The number of nitrogens with zero attached hydrogens (tertiary/aromatic N) is 2. The van der Waals surface area contributed by atoms with Crippen LogP contribution in [-0.2, 0) is 6.54 Å². The Bertz CT molecular complexity index is 386. The smallest absolute Gasteiger partial charge is 0.270 e. The summed E-state index contributed by atoms with van der Waals surface area (Å²) in [6.07, 6.45) is 2.83. The highest BCUT2D eigenvalue weighted by Gasteiger charge is 1.97. The number of hydrogen-bond donors (Lipinski definition) is 0. The topological polar surface area (TPSA) is 34.9 Å². The van der Waals surface area contributed by atoms with Crippen molar-refractivity contribution in [3.8, 4) is 11.8 Å². The Morgan fingerprint density at radius 1 is 1.67 bits per heavy atom. The third-order valence-electron chi connectivity index (χ3n) is 1.30. The molecule has 0 spiro atoms. The lowest BCUT2D eigenvalue weighted by Gasteiger charge is -2.01. The van der Waals surface area contributed by atoms with E-state index in [1.54, 1.807) is 13.1 Å². The molecule has 0 aliphatic rings. The Balaban J connectivity index is 3.10. The van der Waals surface area contributed by atoms with E-state index in [0.29, 0.717) is 11.1 Å². The lowest BCUT2D eigenvalue weighted by atomic mass is 10.5. The van der Waals surface area contributed by atoms with Crippen LogP contribution in [0, 0.1) is 11.8 Å². The molecule has 0 aliphatic heterocycles. The zero-order valence-corrected chi connectivity index (χ0v) is 8.13. The van der Waals surface area contributed by atoms with Gasteiger partial charge in [-0.05, 0) is 22.9 Å². The molecule has 1 aromatic rings. The van der Waals surface area contributed by atoms with E-state index in [4.69, 9.17) is 0 Å². The third kappa shape index (κ3) is 1.95. The maximum atomic E-state index is 11.1. The highest BCUT2D eigenvalue weighted by Crippen LogP contribution is 2.02. The first-order chi connectivity index (χ1) is 5.75. The van der Waals surface area contributed by atoms with Crippen LogP contribution >= 0.6 is 15.9 Å². The van der Waals surface area contributed by atoms with Crippen molar-refractivity contribution in [2.75, 3.05) is 0 Å². The maximum absolute atomic E-state index is 11.1. The largest absolute Gasteiger partial charge is 0.288 e. The van der Waals surface area contributed by atoms with E-state index in [0.717, 1.165) is 0 Å². The Morgan fingerprint density at radius 3 is 3.00 bits per heavy atom. The van der Waals surface area contributed by atoms with E-state index in [2.05, 4.69) is 32.8 Å². The first-order valence-electron chi connectivity index (χ1n) is 3.35. The van der Waals surface area contributed by atoms with Crippen molar-refractivity contribution < 1.29 is 0 Å². The molecule has 0 aliphatic carbocycles. The molecule has 0 saturated carbocycles.